The van der Waals surface area contributed by atoms with Crippen LogP contribution in [0.25, 0.3) is 11.1 Å². The molecule has 7 nitrogen and oxygen atoms in total. The quantitative estimate of drug-likeness (QED) is 0.811. The number of carbonyl (C=O) groups is 3. The Balaban J connectivity index is 2.16. The van der Waals surface area contributed by atoms with Crippen LogP contribution in [0.2, 0.25) is 0 Å². The second-order valence-corrected chi connectivity index (χ2v) is 6.30. The van der Waals surface area contributed by atoms with E-state index in [1.54, 1.807) is 0 Å². The van der Waals surface area contributed by atoms with Gasteiger partial charge in [-0.15, -0.1) is 0 Å². The van der Waals surface area contributed by atoms with Crippen LogP contribution in [0.3, 0.4) is 0 Å². The van der Waals surface area contributed by atoms with Crippen molar-refractivity contribution in [2.24, 2.45) is 0 Å². The lowest BCUT2D eigenvalue weighted by molar-refractivity contribution is -0.141. The Morgan fingerprint density at radius 1 is 0.926 bits per heavy atom. The van der Waals surface area contributed by atoms with Gasteiger partial charge in [0.05, 0.1) is 32.0 Å². The third-order valence-electron chi connectivity index (χ3n) is 4.68. The molecule has 0 heterocycles. The van der Waals surface area contributed by atoms with Crippen molar-refractivity contribution in [1.29, 1.82) is 0 Å². The molecule has 27 heavy (non-hydrogen) atoms. The van der Waals surface area contributed by atoms with E-state index < -0.39 is 43.0 Å². The highest BCUT2D eigenvalue weighted by molar-refractivity contribution is 5.82. The fraction of sp³-hybridized carbons (Fsp3) is 0.250. The molecule has 2 aromatic rings. The molecule has 1 aliphatic rings. The molecule has 1 aliphatic carbocycles. The lowest BCUT2D eigenvalue weighted by Crippen LogP contribution is -2.45. The predicted octanol–water partition coefficient (Wildman–Crippen LogP) is 3.14. The molecule has 2 aromatic carbocycles. The van der Waals surface area contributed by atoms with E-state index in [0.29, 0.717) is 0 Å². The number of nitrogens with zero attached hydrogens (tertiary/aromatic N) is 1. The molecule has 3 rings (SSSR count). The monoisotopic (exact) mass is 369 g/mol. The molecule has 0 unspecified atom stereocenters. The topological polar surface area (TPSA) is 104 Å². The van der Waals surface area contributed by atoms with Gasteiger partial charge in [0.25, 0.3) is 0 Å². The molecular formula is C20H19NO6. The van der Waals surface area contributed by atoms with Gasteiger partial charge in [0, 0.05) is 0 Å². The van der Waals surface area contributed by atoms with Crippen LogP contribution >= 0.6 is 0 Å². The smallest absolute Gasteiger partial charge is 0.410 e. The summed E-state index contributed by atoms with van der Waals surface area (Å²) >= 11 is 0. The average Bonchev–Trinajstić information content (AvgIpc) is 2.96. The summed E-state index contributed by atoms with van der Waals surface area (Å²) in [6, 6.07) is 13.3. The number of methoxy groups -OCH3 is 1. The van der Waals surface area contributed by atoms with E-state index in [0.717, 1.165) is 22.3 Å². The Kier molecular flexibility index (Phi) is 5.12. The van der Waals surface area contributed by atoms with Crippen molar-refractivity contribution in [2.45, 2.75) is 24.9 Å². The maximum atomic E-state index is 12.6. The van der Waals surface area contributed by atoms with Gasteiger partial charge < -0.3 is 14.9 Å². The van der Waals surface area contributed by atoms with Crippen molar-refractivity contribution in [3.8, 4) is 11.1 Å². The minimum absolute atomic E-state index is 0.498. The Bertz CT molecular complexity index is 832. The highest BCUT2D eigenvalue weighted by Crippen LogP contribution is 2.47. The van der Waals surface area contributed by atoms with Gasteiger partial charge in [-0.2, -0.15) is 0 Å². The largest absolute Gasteiger partial charge is 0.481 e. The summed E-state index contributed by atoms with van der Waals surface area (Å²) in [7, 11) is 1.20. The molecule has 0 bridgehead atoms. The van der Waals surface area contributed by atoms with Crippen LogP contribution in [0.4, 0.5) is 4.79 Å². The third kappa shape index (κ3) is 3.48. The number of carboxylic acids is 2. The van der Waals surface area contributed by atoms with Crippen LogP contribution in [-0.2, 0) is 14.3 Å². The van der Waals surface area contributed by atoms with E-state index in [9.17, 15) is 24.6 Å². The predicted molar refractivity (Wildman–Crippen MR) is 96.3 cm³/mol. The fourth-order valence-corrected chi connectivity index (χ4v) is 3.67. The molecule has 0 fully saturated rings. The van der Waals surface area contributed by atoms with E-state index in [-0.39, 0.29) is 0 Å². The van der Waals surface area contributed by atoms with Crippen molar-refractivity contribution in [3.63, 3.8) is 0 Å². The Hall–Kier alpha value is -3.35. The average molecular weight is 369 g/mol. The summed E-state index contributed by atoms with van der Waals surface area (Å²) in [5.41, 5.74) is 3.47. The van der Waals surface area contributed by atoms with Crippen LogP contribution in [0.15, 0.2) is 48.5 Å². The molecule has 140 valence electrons. The van der Waals surface area contributed by atoms with Gasteiger partial charge in [-0.25, -0.2) is 4.79 Å². The summed E-state index contributed by atoms with van der Waals surface area (Å²) in [4.78, 5) is 36.6. The summed E-state index contributed by atoms with van der Waals surface area (Å²) in [5, 5.41) is 18.5. The lowest BCUT2D eigenvalue weighted by Gasteiger charge is -2.35. The molecule has 2 N–H and O–H groups in total. The van der Waals surface area contributed by atoms with Crippen molar-refractivity contribution < 1.29 is 29.3 Å². The van der Waals surface area contributed by atoms with Gasteiger partial charge in [-0.05, 0) is 22.3 Å². The van der Waals surface area contributed by atoms with Crippen molar-refractivity contribution in [2.75, 3.05) is 7.11 Å². The van der Waals surface area contributed by atoms with Gasteiger partial charge in [-0.3, -0.25) is 14.5 Å². The first-order chi connectivity index (χ1) is 12.9. The maximum Gasteiger partial charge on any atom is 0.410 e. The first-order valence-electron chi connectivity index (χ1n) is 8.42. The van der Waals surface area contributed by atoms with E-state index in [1.807, 2.05) is 48.5 Å². The van der Waals surface area contributed by atoms with Crippen LogP contribution in [0, 0.1) is 0 Å². The fourth-order valence-electron chi connectivity index (χ4n) is 3.67. The minimum atomic E-state index is -1.19. The zero-order chi connectivity index (χ0) is 19.6. The maximum absolute atomic E-state index is 12.6. The molecular weight excluding hydrogens is 350 g/mol. The molecule has 0 atom stereocenters. The number of ether oxygens (including phenoxy) is 1. The van der Waals surface area contributed by atoms with Crippen molar-refractivity contribution >= 4 is 18.0 Å². The summed E-state index contributed by atoms with van der Waals surface area (Å²) in [5.74, 6) is -2.37. The van der Waals surface area contributed by atoms with E-state index in [4.69, 9.17) is 4.74 Å². The van der Waals surface area contributed by atoms with Crippen LogP contribution in [0.5, 0.6) is 0 Å². The van der Waals surface area contributed by atoms with Crippen LogP contribution < -0.4 is 0 Å². The summed E-state index contributed by atoms with van der Waals surface area (Å²) in [6.45, 7) is 0. The van der Waals surface area contributed by atoms with Crippen molar-refractivity contribution in [1.82, 2.24) is 4.90 Å². The van der Waals surface area contributed by atoms with E-state index in [1.165, 1.54) is 12.0 Å². The van der Waals surface area contributed by atoms with Gasteiger partial charge >= 0.3 is 18.0 Å². The van der Waals surface area contributed by atoms with Gasteiger partial charge in [0.1, 0.15) is 0 Å². The van der Waals surface area contributed by atoms with Gasteiger partial charge in [-0.1, -0.05) is 48.5 Å². The van der Waals surface area contributed by atoms with E-state index in [2.05, 4.69) is 0 Å². The second-order valence-electron chi connectivity index (χ2n) is 6.30. The number of hydrogen-bond donors (Lipinski definition) is 2. The SMILES string of the molecule is COC(=O)N(C(CC(=O)O)CC(=O)O)C1c2ccccc2-c2ccccc21. The number of fused-ring (bicyclic) bond motifs is 3. The van der Waals surface area contributed by atoms with Crippen LogP contribution in [0.1, 0.15) is 30.0 Å². The Morgan fingerprint density at radius 2 is 1.37 bits per heavy atom. The molecule has 7 heteroatoms. The van der Waals surface area contributed by atoms with Gasteiger partial charge in [0.2, 0.25) is 0 Å². The van der Waals surface area contributed by atoms with Crippen LogP contribution in [-0.4, -0.2) is 46.3 Å². The number of rotatable bonds is 6. The van der Waals surface area contributed by atoms with Crippen molar-refractivity contribution in [3.05, 3.63) is 59.7 Å². The highest BCUT2D eigenvalue weighted by atomic mass is 16.5. The molecule has 0 spiro atoms. The molecule has 0 radical (unpaired) electrons. The molecule has 1 amide bonds. The minimum Gasteiger partial charge on any atom is -0.481 e. The Morgan fingerprint density at radius 3 is 1.78 bits per heavy atom. The first-order valence-corrected chi connectivity index (χ1v) is 8.42. The number of hydrogen-bond acceptors (Lipinski definition) is 4. The van der Waals surface area contributed by atoms with Gasteiger partial charge in [0.15, 0.2) is 0 Å². The highest BCUT2D eigenvalue weighted by Gasteiger charge is 2.40. The number of aliphatic carboxylic acids is 2. The third-order valence-corrected chi connectivity index (χ3v) is 4.68. The molecule has 0 saturated carbocycles. The zero-order valence-electron chi connectivity index (χ0n) is 14.7. The van der Waals surface area contributed by atoms with E-state index >= 15 is 0 Å². The molecule has 0 aliphatic heterocycles. The second kappa shape index (κ2) is 7.49. The Labute approximate surface area is 155 Å². The first kappa shape index (κ1) is 18.4. The molecule has 0 saturated heterocycles. The molecule has 0 aromatic heterocycles. The number of carboxylic acid groups (broad SMARTS) is 2. The summed E-state index contributed by atoms with van der Waals surface area (Å²) in [6.07, 6.45) is -1.76. The zero-order valence-corrected chi connectivity index (χ0v) is 14.7. The summed E-state index contributed by atoms with van der Waals surface area (Å²) < 4.78 is 4.90. The number of carbonyl (C=O) groups excluding carboxylic acids is 1. The normalized spacial score (nSPS) is 12.4. The number of benzene rings is 2. The lowest BCUT2D eigenvalue weighted by atomic mass is 9.99. The number of amides is 1. The standard InChI is InChI=1S/C20H19NO6/c1-27-20(26)21(12(10-17(22)23)11-18(24)25)19-15-8-4-2-6-13(15)14-7-3-5-9-16(14)19/h2-9,12,19H,10-11H2,1H3,(H,22,23)(H,24,25).